The molecule has 1 aromatic rings. The average molecular weight is 265 g/mol. The van der Waals surface area contributed by atoms with Crippen molar-refractivity contribution < 1.29 is 9.47 Å². The van der Waals surface area contributed by atoms with Crippen LogP contribution in [-0.4, -0.2) is 26.9 Å². The summed E-state index contributed by atoms with van der Waals surface area (Å²) < 4.78 is 10.7. The first-order valence-electron chi connectivity index (χ1n) is 6.86. The van der Waals surface area contributed by atoms with Crippen molar-refractivity contribution >= 4 is 5.69 Å². The first-order valence-corrected chi connectivity index (χ1v) is 6.86. The molecule has 0 aromatic heterocycles. The zero-order valence-corrected chi connectivity index (χ0v) is 13.0. The lowest BCUT2D eigenvalue weighted by atomic mass is 9.86. The molecule has 0 aliphatic carbocycles. The molecule has 0 spiro atoms. The zero-order chi connectivity index (χ0) is 14.5. The molecular formula is C16H27NO2. The Morgan fingerprint density at radius 1 is 1.21 bits per heavy atom. The van der Waals surface area contributed by atoms with E-state index in [9.17, 15) is 0 Å². The molecule has 108 valence electrons. The second-order valence-corrected chi connectivity index (χ2v) is 5.87. The molecule has 0 amide bonds. The van der Waals surface area contributed by atoms with Gasteiger partial charge in [0.1, 0.15) is 5.75 Å². The molecule has 1 rings (SSSR count). The van der Waals surface area contributed by atoms with Crippen molar-refractivity contribution in [2.24, 2.45) is 0 Å². The predicted molar refractivity (Wildman–Crippen MR) is 81.3 cm³/mol. The second-order valence-electron chi connectivity index (χ2n) is 5.87. The third-order valence-electron chi connectivity index (χ3n) is 3.29. The third-order valence-corrected chi connectivity index (χ3v) is 3.29. The van der Waals surface area contributed by atoms with Crippen LogP contribution in [0.5, 0.6) is 5.75 Å². The largest absolute Gasteiger partial charge is 0.495 e. The minimum Gasteiger partial charge on any atom is -0.495 e. The molecule has 3 heteroatoms. The molecule has 1 N–H and O–H groups in total. The molecule has 0 aliphatic rings. The molecule has 1 aromatic carbocycles. The molecule has 3 nitrogen and oxygen atoms in total. The van der Waals surface area contributed by atoms with Crippen LogP contribution in [0, 0.1) is 0 Å². The maximum atomic E-state index is 5.43. The fraction of sp³-hybridized carbons (Fsp3) is 0.625. The summed E-state index contributed by atoms with van der Waals surface area (Å²) >= 11 is 0. The molecule has 1 unspecified atom stereocenters. The SMILES string of the molecule is CCC(COC)Nc1cc(C(C)(C)C)ccc1OC. The molecule has 0 saturated carbocycles. The molecule has 0 bridgehead atoms. The fourth-order valence-electron chi connectivity index (χ4n) is 1.97. The van der Waals surface area contributed by atoms with Crippen molar-refractivity contribution in [3.63, 3.8) is 0 Å². The van der Waals surface area contributed by atoms with Crippen LogP contribution < -0.4 is 10.1 Å². The fourth-order valence-corrected chi connectivity index (χ4v) is 1.97. The van der Waals surface area contributed by atoms with Gasteiger partial charge in [0.25, 0.3) is 0 Å². The highest BCUT2D eigenvalue weighted by molar-refractivity contribution is 5.59. The molecule has 0 fully saturated rings. The van der Waals surface area contributed by atoms with Crippen LogP contribution in [0.2, 0.25) is 0 Å². The van der Waals surface area contributed by atoms with Gasteiger partial charge in [-0.15, -0.1) is 0 Å². The summed E-state index contributed by atoms with van der Waals surface area (Å²) in [7, 11) is 3.43. The van der Waals surface area contributed by atoms with E-state index in [1.807, 2.05) is 6.07 Å². The van der Waals surface area contributed by atoms with Crippen LogP contribution >= 0.6 is 0 Å². The van der Waals surface area contributed by atoms with Gasteiger partial charge in [-0.2, -0.15) is 0 Å². The Labute approximate surface area is 117 Å². The molecule has 0 aliphatic heterocycles. The van der Waals surface area contributed by atoms with E-state index in [0.29, 0.717) is 12.6 Å². The minimum atomic E-state index is 0.131. The molecule has 0 heterocycles. The lowest BCUT2D eigenvalue weighted by Crippen LogP contribution is -2.24. The van der Waals surface area contributed by atoms with Gasteiger partial charge in [0.15, 0.2) is 0 Å². The van der Waals surface area contributed by atoms with Crippen LogP contribution in [-0.2, 0) is 10.2 Å². The van der Waals surface area contributed by atoms with Crippen molar-refractivity contribution in [2.45, 2.75) is 45.6 Å². The Hall–Kier alpha value is -1.22. The van der Waals surface area contributed by atoms with E-state index < -0.39 is 0 Å². The molecular weight excluding hydrogens is 238 g/mol. The number of ether oxygens (including phenoxy) is 2. The minimum absolute atomic E-state index is 0.131. The number of nitrogens with one attached hydrogen (secondary N) is 1. The van der Waals surface area contributed by atoms with E-state index in [1.165, 1.54) is 5.56 Å². The van der Waals surface area contributed by atoms with E-state index in [2.05, 4.69) is 45.1 Å². The van der Waals surface area contributed by atoms with Gasteiger partial charge in [-0.05, 0) is 29.5 Å². The number of hydrogen-bond acceptors (Lipinski definition) is 3. The topological polar surface area (TPSA) is 30.5 Å². The number of methoxy groups -OCH3 is 2. The molecule has 0 saturated heterocycles. The Morgan fingerprint density at radius 2 is 1.89 bits per heavy atom. The Morgan fingerprint density at radius 3 is 2.37 bits per heavy atom. The van der Waals surface area contributed by atoms with Crippen LogP contribution in [0.15, 0.2) is 18.2 Å². The third kappa shape index (κ3) is 4.43. The van der Waals surface area contributed by atoms with Gasteiger partial charge < -0.3 is 14.8 Å². The van der Waals surface area contributed by atoms with Crippen molar-refractivity contribution in [1.82, 2.24) is 0 Å². The summed E-state index contributed by atoms with van der Waals surface area (Å²) in [4.78, 5) is 0. The normalized spacial score (nSPS) is 13.2. The van der Waals surface area contributed by atoms with Crippen molar-refractivity contribution in [1.29, 1.82) is 0 Å². The van der Waals surface area contributed by atoms with Crippen molar-refractivity contribution in [3.05, 3.63) is 23.8 Å². The highest BCUT2D eigenvalue weighted by Gasteiger charge is 2.17. The quantitative estimate of drug-likeness (QED) is 0.848. The molecule has 19 heavy (non-hydrogen) atoms. The lowest BCUT2D eigenvalue weighted by molar-refractivity contribution is 0.184. The summed E-state index contributed by atoms with van der Waals surface area (Å²) in [6, 6.07) is 6.63. The highest BCUT2D eigenvalue weighted by Crippen LogP contribution is 2.32. The summed E-state index contributed by atoms with van der Waals surface area (Å²) in [5.74, 6) is 0.877. The van der Waals surface area contributed by atoms with E-state index in [1.54, 1.807) is 14.2 Å². The number of hydrogen-bond donors (Lipinski definition) is 1. The molecule has 1 atom stereocenters. The van der Waals surface area contributed by atoms with Crippen molar-refractivity contribution in [2.75, 3.05) is 26.1 Å². The van der Waals surface area contributed by atoms with Gasteiger partial charge in [0, 0.05) is 13.2 Å². The van der Waals surface area contributed by atoms with Gasteiger partial charge in [-0.25, -0.2) is 0 Å². The van der Waals surface area contributed by atoms with Crippen molar-refractivity contribution in [3.8, 4) is 5.75 Å². The van der Waals surface area contributed by atoms with E-state index >= 15 is 0 Å². The zero-order valence-electron chi connectivity index (χ0n) is 13.0. The maximum Gasteiger partial charge on any atom is 0.141 e. The van der Waals surface area contributed by atoms with Gasteiger partial charge in [-0.3, -0.25) is 0 Å². The van der Waals surface area contributed by atoms with Gasteiger partial charge in [0.2, 0.25) is 0 Å². The number of rotatable bonds is 6. The van der Waals surface area contributed by atoms with E-state index in [4.69, 9.17) is 9.47 Å². The summed E-state index contributed by atoms with van der Waals surface area (Å²) in [5, 5.41) is 3.51. The van der Waals surface area contributed by atoms with Gasteiger partial charge >= 0.3 is 0 Å². The summed E-state index contributed by atoms with van der Waals surface area (Å²) in [5.41, 5.74) is 2.47. The van der Waals surface area contributed by atoms with Crippen LogP contribution in [0.1, 0.15) is 39.7 Å². The van der Waals surface area contributed by atoms with Gasteiger partial charge in [-0.1, -0.05) is 33.8 Å². The Bertz CT molecular complexity index is 396. The monoisotopic (exact) mass is 265 g/mol. The summed E-state index contributed by atoms with van der Waals surface area (Å²) in [6.45, 7) is 9.48. The molecule has 0 radical (unpaired) electrons. The van der Waals surface area contributed by atoms with Crippen LogP contribution in [0.4, 0.5) is 5.69 Å². The second kappa shape index (κ2) is 6.80. The van der Waals surface area contributed by atoms with Crippen LogP contribution in [0.25, 0.3) is 0 Å². The average Bonchev–Trinajstić information content (AvgIpc) is 2.37. The Kier molecular flexibility index (Phi) is 5.67. The predicted octanol–water partition coefficient (Wildman–Crippen LogP) is 3.83. The first kappa shape index (κ1) is 15.8. The van der Waals surface area contributed by atoms with Crippen LogP contribution in [0.3, 0.4) is 0 Å². The smallest absolute Gasteiger partial charge is 0.141 e. The highest BCUT2D eigenvalue weighted by atomic mass is 16.5. The first-order chi connectivity index (χ1) is 8.92. The van der Waals surface area contributed by atoms with Gasteiger partial charge in [0.05, 0.1) is 19.4 Å². The maximum absolute atomic E-state index is 5.43. The standard InChI is InChI=1S/C16H27NO2/c1-7-13(11-18-5)17-14-10-12(16(2,3)4)8-9-15(14)19-6/h8-10,13,17H,7,11H2,1-6H3. The Balaban J connectivity index is 3.02. The number of anilines is 1. The lowest BCUT2D eigenvalue weighted by Gasteiger charge is -2.24. The number of benzene rings is 1. The van der Waals surface area contributed by atoms with E-state index in [0.717, 1.165) is 17.9 Å². The van der Waals surface area contributed by atoms with E-state index in [-0.39, 0.29) is 5.41 Å². The summed E-state index contributed by atoms with van der Waals surface area (Å²) in [6.07, 6.45) is 1.01.